The highest BCUT2D eigenvalue weighted by Crippen LogP contribution is 2.19. The lowest BCUT2D eigenvalue weighted by Gasteiger charge is -2.16. The average molecular weight is 231 g/mol. The van der Waals surface area contributed by atoms with Crippen LogP contribution in [0.15, 0.2) is 18.3 Å². The molecule has 5 nitrogen and oxygen atoms in total. The van der Waals surface area contributed by atoms with Crippen LogP contribution in [-0.2, 0) is 7.05 Å². The van der Waals surface area contributed by atoms with Gasteiger partial charge in [-0.3, -0.25) is 9.67 Å². The van der Waals surface area contributed by atoms with Crippen LogP contribution < -0.4 is 5.32 Å². The molecule has 0 aliphatic rings. The number of hydrogen-bond donors (Lipinski definition) is 1. The third-order valence-corrected chi connectivity index (χ3v) is 2.75. The number of hydrogen-bond acceptors (Lipinski definition) is 4. The summed E-state index contributed by atoms with van der Waals surface area (Å²) in [6.45, 7) is 4.08. The molecule has 0 fully saturated rings. The minimum absolute atomic E-state index is 0.0219. The van der Waals surface area contributed by atoms with Gasteiger partial charge in [-0.05, 0) is 38.6 Å². The maximum Gasteiger partial charge on any atom is 0.0936 e. The van der Waals surface area contributed by atoms with Crippen LogP contribution in [-0.4, -0.2) is 27.0 Å². The number of nitrogens with zero attached hydrogens (tertiary/aromatic N) is 4. The highest BCUT2D eigenvalue weighted by atomic mass is 15.4. The Balaban J connectivity index is 2.45. The fourth-order valence-corrected chi connectivity index (χ4v) is 2.03. The standard InChI is InChI=1S/C12H17N5/c1-8-5-9(2)15-10(6-8)12(13-3)11-7-14-16-17(11)4/h5-7,12-13H,1-4H3. The van der Waals surface area contributed by atoms with E-state index in [1.165, 1.54) is 5.56 Å². The summed E-state index contributed by atoms with van der Waals surface area (Å²) >= 11 is 0. The van der Waals surface area contributed by atoms with Crippen LogP contribution in [0.1, 0.15) is 28.7 Å². The van der Waals surface area contributed by atoms with Gasteiger partial charge in [-0.25, -0.2) is 0 Å². The Morgan fingerprint density at radius 1 is 1.29 bits per heavy atom. The molecule has 0 bridgehead atoms. The highest BCUT2D eigenvalue weighted by Gasteiger charge is 2.17. The molecule has 2 heterocycles. The lowest BCUT2D eigenvalue weighted by Crippen LogP contribution is -2.22. The molecule has 0 aromatic carbocycles. The fourth-order valence-electron chi connectivity index (χ4n) is 2.03. The summed E-state index contributed by atoms with van der Waals surface area (Å²) in [4.78, 5) is 4.57. The number of rotatable bonds is 3. The molecular formula is C12H17N5. The van der Waals surface area contributed by atoms with E-state index in [4.69, 9.17) is 0 Å². The van der Waals surface area contributed by atoms with Gasteiger partial charge in [0.05, 0.1) is 23.6 Å². The minimum atomic E-state index is 0.0219. The van der Waals surface area contributed by atoms with Crippen molar-refractivity contribution in [2.45, 2.75) is 19.9 Å². The molecule has 90 valence electrons. The molecule has 0 amide bonds. The van der Waals surface area contributed by atoms with E-state index in [1.54, 1.807) is 10.9 Å². The first kappa shape index (κ1) is 11.7. The molecule has 0 saturated heterocycles. The minimum Gasteiger partial charge on any atom is -0.307 e. The van der Waals surface area contributed by atoms with E-state index < -0.39 is 0 Å². The van der Waals surface area contributed by atoms with Crippen LogP contribution in [0.25, 0.3) is 0 Å². The smallest absolute Gasteiger partial charge is 0.0936 e. The molecule has 1 atom stereocenters. The number of pyridine rings is 1. The van der Waals surface area contributed by atoms with E-state index in [9.17, 15) is 0 Å². The third kappa shape index (κ3) is 2.34. The molecule has 1 N–H and O–H groups in total. The van der Waals surface area contributed by atoms with Gasteiger partial charge in [0, 0.05) is 12.7 Å². The van der Waals surface area contributed by atoms with Crippen LogP contribution in [0.5, 0.6) is 0 Å². The molecule has 0 aliphatic heterocycles. The molecule has 2 rings (SSSR count). The molecule has 0 radical (unpaired) electrons. The topological polar surface area (TPSA) is 55.6 Å². The number of nitrogens with one attached hydrogen (secondary N) is 1. The normalized spacial score (nSPS) is 12.7. The van der Waals surface area contributed by atoms with Crippen LogP contribution in [0.2, 0.25) is 0 Å². The first-order valence-electron chi connectivity index (χ1n) is 5.59. The monoisotopic (exact) mass is 231 g/mol. The van der Waals surface area contributed by atoms with Gasteiger partial charge in [0.2, 0.25) is 0 Å². The number of aryl methyl sites for hydroxylation is 3. The van der Waals surface area contributed by atoms with Gasteiger partial charge in [0.1, 0.15) is 0 Å². The first-order valence-corrected chi connectivity index (χ1v) is 5.59. The molecular weight excluding hydrogens is 214 g/mol. The van der Waals surface area contributed by atoms with Gasteiger partial charge in [-0.15, -0.1) is 5.10 Å². The zero-order chi connectivity index (χ0) is 12.4. The van der Waals surface area contributed by atoms with Crippen molar-refractivity contribution in [3.05, 3.63) is 41.0 Å². The Kier molecular flexibility index (Phi) is 3.19. The van der Waals surface area contributed by atoms with E-state index in [2.05, 4.69) is 39.7 Å². The summed E-state index contributed by atoms with van der Waals surface area (Å²) in [5.41, 5.74) is 4.23. The summed E-state index contributed by atoms with van der Waals surface area (Å²) in [6, 6.07) is 4.17. The number of aromatic nitrogens is 4. The van der Waals surface area contributed by atoms with E-state index in [-0.39, 0.29) is 6.04 Å². The van der Waals surface area contributed by atoms with Gasteiger partial charge in [-0.2, -0.15) is 0 Å². The van der Waals surface area contributed by atoms with Crippen molar-refractivity contribution < 1.29 is 0 Å². The molecule has 2 aromatic rings. The summed E-state index contributed by atoms with van der Waals surface area (Å²) in [6.07, 6.45) is 1.76. The Bertz CT molecular complexity index is 497. The Morgan fingerprint density at radius 2 is 2.06 bits per heavy atom. The van der Waals surface area contributed by atoms with E-state index >= 15 is 0 Å². The second-order valence-corrected chi connectivity index (χ2v) is 4.21. The first-order chi connectivity index (χ1) is 8.11. The van der Waals surface area contributed by atoms with Crippen molar-refractivity contribution >= 4 is 0 Å². The Morgan fingerprint density at radius 3 is 2.59 bits per heavy atom. The van der Waals surface area contributed by atoms with Crippen molar-refractivity contribution in [3.8, 4) is 0 Å². The summed E-state index contributed by atoms with van der Waals surface area (Å²) in [5.74, 6) is 0. The van der Waals surface area contributed by atoms with Crippen molar-refractivity contribution in [2.24, 2.45) is 7.05 Å². The summed E-state index contributed by atoms with van der Waals surface area (Å²) in [5, 5.41) is 11.1. The second-order valence-electron chi connectivity index (χ2n) is 4.21. The van der Waals surface area contributed by atoms with Gasteiger partial charge in [-0.1, -0.05) is 5.21 Å². The highest BCUT2D eigenvalue weighted by molar-refractivity contribution is 5.26. The van der Waals surface area contributed by atoms with Gasteiger partial charge in [0.15, 0.2) is 0 Å². The predicted octanol–water partition coefficient (Wildman–Crippen LogP) is 1.14. The fraction of sp³-hybridized carbons (Fsp3) is 0.417. The van der Waals surface area contributed by atoms with Gasteiger partial charge < -0.3 is 5.32 Å². The molecule has 0 saturated carbocycles. The Hall–Kier alpha value is -1.75. The maximum absolute atomic E-state index is 4.57. The Labute approximate surface area is 101 Å². The predicted molar refractivity (Wildman–Crippen MR) is 65.6 cm³/mol. The molecule has 5 heteroatoms. The van der Waals surface area contributed by atoms with E-state index in [0.717, 1.165) is 17.1 Å². The molecule has 1 unspecified atom stereocenters. The van der Waals surface area contributed by atoms with Crippen molar-refractivity contribution in [2.75, 3.05) is 7.05 Å². The largest absolute Gasteiger partial charge is 0.307 e. The van der Waals surface area contributed by atoms with Crippen LogP contribution in [0.3, 0.4) is 0 Å². The lowest BCUT2D eigenvalue weighted by molar-refractivity contribution is 0.586. The molecule has 0 aliphatic carbocycles. The summed E-state index contributed by atoms with van der Waals surface area (Å²) < 4.78 is 1.76. The van der Waals surface area contributed by atoms with Crippen molar-refractivity contribution in [3.63, 3.8) is 0 Å². The van der Waals surface area contributed by atoms with Crippen LogP contribution in [0.4, 0.5) is 0 Å². The maximum atomic E-state index is 4.57. The second kappa shape index (κ2) is 4.63. The summed E-state index contributed by atoms with van der Waals surface area (Å²) in [7, 11) is 3.80. The zero-order valence-electron chi connectivity index (χ0n) is 10.6. The van der Waals surface area contributed by atoms with Crippen LogP contribution >= 0.6 is 0 Å². The van der Waals surface area contributed by atoms with Gasteiger partial charge >= 0.3 is 0 Å². The zero-order valence-corrected chi connectivity index (χ0v) is 10.6. The molecule has 2 aromatic heterocycles. The molecule has 0 spiro atoms. The molecule has 17 heavy (non-hydrogen) atoms. The van der Waals surface area contributed by atoms with Gasteiger partial charge in [0.25, 0.3) is 0 Å². The lowest BCUT2D eigenvalue weighted by atomic mass is 10.1. The van der Waals surface area contributed by atoms with Crippen molar-refractivity contribution in [1.29, 1.82) is 0 Å². The van der Waals surface area contributed by atoms with Crippen molar-refractivity contribution in [1.82, 2.24) is 25.3 Å². The van der Waals surface area contributed by atoms with E-state index in [0.29, 0.717) is 0 Å². The quantitative estimate of drug-likeness (QED) is 0.860. The average Bonchev–Trinajstić information content (AvgIpc) is 2.65. The van der Waals surface area contributed by atoms with Crippen LogP contribution in [0, 0.1) is 13.8 Å². The third-order valence-electron chi connectivity index (χ3n) is 2.75. The SMILES string of the molecule is CNC(c1cc(C)cc(C)n1)c1cnnn1C. The van der Waals surface area contributed by atoms with E-state index in [1.807, 2.05) is 21.0 Å².